The lowest BCUT2D eigenvalue weighted by Crippen LogP contribution is -2.38. The van der Waals surface area contributed by atoms with Crippen molar-refractivity contribution in [1.82, 2.24) is 4.90 Å². The largest absolute Gasteiger partial charge is 0.465 e. The number of nitrogens with zero attached hydrogens (tertiary/aromatic N) is 1. The number of hydrogen-bond acceptors (Lipinski definition) is 5. The Bertz CT molecular complexity index is 366. The van der Waals surface area contributed by atoms with Gasteiger partial charge in [-0.2, -0.15) is 0 Å². The van der Waals surface area contributed by atoms with Gasteiger partial charge >= 0.3 is 0 Å². The van der Waals surface area contributed by atoms with Gasteiger partial charge in [0.2, 0.25) is 0 Å². The molecule has 0 aromatic carbocycles. The summed E-state index contributed by atoms with van der Waals surface area (Å²) in [6.45, 7) is 7.65. The number of nitrogens with two attached hydrogens (primary N) is 1. The lowest BCUT2D eigenvalue weighted by molar-refractivity contribution is 0.0702. The fraction of sp³-hybridized carbons (Fsp3) is 0.714. The van der Waals surface area contributed by atoms with Crippen LogP contribution in [0, 0.1) is 6.92 Å². The van der Waals surface area contributed by atoms with E-state index in [1.807, 2.05) is 13.0 Å². The third-order valence-corrected chi connectivity index (χ3v) is 3.26. The molecule has 2 N–H and O–H groups in total. The second-order valence-corrected chi connectivity index (χ2v) is 4.77. The molecular weight excluding hydrogens is 244 g/mol. The fourth-order valence-corrected chi connectivity index (χ4v) is 2.07. The third kappa shape index (κ3) is 4.95. The van der Waals surface area contributed by atoms with E-state index in [0.717, 1.165) is 24.6 Å². The molecule has 1 atom stereocenters. The number of aryl methyl sites for hydroxylation is 1. The van der Waals surface area contributed by atoms with E-state index in [-0.39, 0.29) is 0 Å². The molecule has 0 saturated carbocycles. The molecule has 110 valence electrons. The Kier molecular flexibility index (Phi) is 7.09. The normalized spacial score (nSPS) is 13.2. The van der Waals surface area contributed by atoms with Crippen LogP contribution in [0.15, 0.2) is 10.5 Å². The lowest BCUT2D eigenvalue weighted by atomic mass is 10.2. The predicted octanol–water partition coefficient (Wildman–Crippen LogP) is 1.53. The van der Waals surface area contributed by atoms with Crippen LogP contribution in [0.2, 0.25) is 0 Å². The van der Waals surface area contributed by atoms with Crippen LogP contribution >= 0.6 is 0 Å². The Morgan fingerprint density at radius 2 is 2.11 bits per heavy atom. The second-order valence-electron chi connectivity index (χ2n) is 4.77. The van der Waals surface area contributed by atoms with Crippen LogP contribution in [0.4, 0.5) is 0 Å². The van der Waals surface area contributed by atoms with Crippen molar-refractivity contribution in [3.05, 3.63) is 23.2 Å². The van der Waals surface area contributed by atoms with Crippen molar-refractivity contribution in [2.24, 2.45) is 5.73 Å². The van der Waals surface area contributed by atoms with E-state index in [0.29, 0.717) is 25.8 Å². The summed E-state index contributed by atoms with van der Waals surface area (Å²) >= 11 is 0. The first-order valence-electron chi connectivity index (χ1n) is 6.62. The summed E-state index contributed by atoms with van der Waals surface area (Å²) in [4.78, 5) is 2.32. The SMILES string of the molecule is COCCN(Cc1cc(CN)oc1C)C(C)COC. The van der Waals surface area contributed by atoms with E-state index in [1.165, 1.54) is 5.56 Å². The fourth-order valence-electron chi connectivity index (χ4n) is 2.07. The summed E-state index contributed by atoms with van der Waals surface area (Å²) in [5, 5.41) is 0. The highest BCUT2D eigenvalue weighted by Crippen LogP contribution is 2.17. The number of hydrogen-bond donors (Lipinski definition) is 1. The van der Waals surface area contributed by atoms with Gasteiger partial charge in [0.15, 0.2) is 0 Å². The van der Waals surface area contributed by atoms with Gasteiger partial charge in [-0.05, 0) is 19.9 Å². The number of methoxy groups -OCH3 is 2. The van der Waals surface area contributed by atoms with Gasteiger partial charge in [0.1, 0.15) is 11.5 Å². The molecule has 0 spiro atoms. The predicted molar refractivity (Wildman–Crippen MR) is 75.0 cm³/mol. The van der Waals surface area contributed by atoms with E-state index >= 15 is 0 Å². The Morgan fingerprint density at radius 1 is 1.37 bits per heavy atom. The Morgan fingerprint density at radius 3 is 2.63 bits per heavy atom. The number of ether oxygens (including phenoxy) is 2. The molecule has 0 saturated heterocycles. The molecule has 0 aliphatic heterocycles. The van der Waals surface area contributed by atoms with Crippen molar-refractivity contribution in [3.63, 3.8) is 0 Å². The summed E-state index contributed by atoms with van der Waals surface area (Å²) in [6, 6.07) is 2.37. The summed E-state index contributed by atoms with van der Waals surface area (Å²) in [5.41, 5.74) is 6.78. The van der Waals surface area contributed by atoms with Crippen LogP contribution in [0.1, 0.15) is 24.0 Å². The van der Waals surface area contributed by atoms with Crippen LogP contribution in [-0.4, -0.2) is 44.9 Å². The minimum absolute atomic E-state index is 0.329. The maximum absolute atomic E-state index is 5.60. The minimum atomic E-state index is 0.329. The van der Waals surface area contributed by atoms with Crippen LogP contribution in [0.25, 0.3) is 0 Å². The highest BCUT2D eigenvalue weighted by atomic mass is 16.5. The van der Waals surface area contributed by atoms with E-state index in [9.17, 15) is 0 Å². The smallest absolute Gasteiger partial charge is 0.118 e. The van der Waals surface area contributed by atoms with Crippen LogP contribution in [0.5, 0.6) is 0 Å². The number of rotatable bonds is 9. The molecule has 0 bridgehead atoms. The van der Waals surface area contributed by atoms with Crippen LogP contribution in [-0.2, 0) is 22.6 Å². The molecule has 5 nitrogen and oxygen atoms in total. The van der Waals surface area contributed by atoms with Crippen molar-refractivity contribution < 1.29 is 13.9 Å². The molecule has 1 heterocycles. The zero-order valence-corrected chi connectivity index (χ0v) is 12.4. The van der Waals surface area contributed by atoms with Crippen molar-refractivity contribution in [3.8, 4) is 0 Å². The van der Waals surface area contributed by atoms with Crippen molar-refractivity contribution in [2.45, 2.75) is 33.0 Å². The van der Waals surface area contributed by atoms with Crippen molar-refractivity contribution in [1.29, 1.82) is 0 Å². The third-order valence-electron chi connectivity index (χ3n) is 3.26. The van der Waals surface area contributed by atoms with Gasteiger partial charge in [-0.15, -0.1) is 0 Å². The maximum atomic E-state index is 5.60. The highest BCUT2D eigenvalue weighted by Gasteiger charge is 2.17. The average Bonchev–Trinajstić information content (AvgIpc) is 2.75. The number of furan rings is 1. The topological polar surface area (TPSA) is 60.9 Å². The van der Waals surface area contributed by atoms with Gasteiger partial charge in [-0.25, -0.2) is 0 Å². The lowest BCUT2D eigenvalue weighted by Gasteiger charge is -2.28. The molecule has 0 aliphatic carbocycles. The maximum Gasteiger partial charge on any atom is 0.118 e. The van der Waals surface area contributed by atoms with Crippen molar-refractivity contribution >= 4 is 0 Å². The Hall–Kier alpha value is -0.880. The van der Waals surface area contributed by atoms with Crippen LogP contribution in [0.3, 0.4) is 0 Å². The monoisotopic (exact) mass is 270 g/mol. The highest BCUT2D eigenvalue weighted by molar-refractivity contribution is 5.20. The van der Waals surface area contributed by atoms with E-state index in [4.69, 9.17) is 19.6 Å². The summed E-state index contributed by atoms with van der Waals surface area (Å²) in [6.07, 6.45) is 0. The van der Waals surface area contributed by atoms with Gasteiger partial charge < -0.3 is 19.6 Å². The molecule has 0 fully saturated rings. The summed E-state index contributed by atoms with van der Waals surface area (Å²) < 4.78 is 16.0. The zero-order valence-electron chi connectivity index (χ0n) is 12.4. The molecular formula is C14H26N2O3. The second kappa shape index (κ2) is 8.32. The molecule has 5 heteroatoms. The first kappa shape index (κ1) is 16.2. The molecule has 0 aliphatic rings. The molecule has 1 aromatic heterocycles. The summed E-state index contributed by atoms with van der Waals surface area (Å²) in [5.74, 6) is 1.77. The molecule has 1 unspecified atom stereocenters. The van der Waals surface area contributed by atoms with Gasteiger partial charge in [0, 0.05) is 38.9 Å². The first-order chi connectivity index (χ1) is 9.12. The standard InChI is InChI=1S/C14H26N2O3/c1-11(10-18-4)16(5-6-17-3)9-13-7-14(8-15)19-12(13)2/h7,11H,5-6,8-10,15H2,1-4H3. The molecule has 1 rings (SSSR count). The van der Waals surface area contributed by atoms with E-state index in [1.54, 1.807) is 14.2 Å². The quantitative estimate of drug-likeness (QED) is 0.737. The molecule has 0 radical (unpaired) electrons. The molecule has 0 amide bonds. The van der Waals surface area contributed by atoms with Gasteiger partial charge in [-0.3, -0.25) is 4.90 Å². The Labute approximate surface area is 115 Å². The average molecular weight is 270 g/mol. The Balaban J connectivity index is 2.71. The van der Waals surface area contributed by atoms with Gasteiger partial charge in [0.25, 0.3) is 0 Å². The van der Waals surface area contributed by atoms with Gasteiger partial charge in [-0.1, -0.05) is 0 Å². The minimum Gasteiger partial charge on any atom is -0.465 e. The van der Waals surface area contributed by atoms with E-state index in [2.05, 4.69) is 11.8 Å². The van der Waals surface area contributed by atoms with Crippen molar-refractivity contribution in [2.75, 3.05) is 34.0 Å². The first-order valence-corrected chi connectivity index (χ1v) is 6.62. The molecule has 19 heavy (non-hydrogen) atoms. The van der Waals surface area contributed by atoms with Crippen LogP contribution < -0.4 is 5.73 Å². The summed E-state index contributed by atoms with van der Waals surface area (Å²) in [7, 11) is 3.44. The van der Waals surface area contributed by atoms with E-state index < -0.39 is 0 Å². The molecule has 1 aromatic rings. The zero-order chi connectivity index (χ0) is 14.3. The van der Waals surface area contributed by atoms with Gasteiger partial charge in [0.05, 0.1) is 19.8 Å².